The Labute approximate surface area is 421 Å². The highest BCUT2D eigenvalue weighted by Crippen LogP contribution is 2.43. The fraction of sp³-hybridized carbons (Fsp3) is 0.481. The molecular weight excluding hydrogens is 977 g/mol. The fourth-order valence-corrected chi connectivity index (χ4v) is 13.6. The molecule has 3 fully saturated rings. The van der Waals surface area contributed by atoms with E-state index >= 15 is 0 Å². The molecule has 0 spiro atoms. The zero-order valence-electron chi connectivity index (χ0n) is 40.4. The summed E-state index contributed by atoms with van der Waals surface area (Å²) in [5.41, 5.74) is -0.942. The fourth-order valence-electron chi connectivity index (χ4n) is 10.5. The molecule has 3 atom stereocenters. The van der Waals surface area contributed by atoms with Crippen LogP contribution in [0.15, 0.2) is 117 Å². The van der Waals surface area contributed by atoms with Gasteiger partial charge >= 0.3 is 5.51 Å². The molecule has 3 heterocycles. The van der Waals surface area contributed by atoms with Crippen LogP contribution in [0.5, 0.6) is 0 Å². The molecule has 1 amide bonds. The van der Waals surface area contributed by atoms with Gasteiger partial charge in [0.2, 0.25) is 0 Å². The van der Waals surface area contributed by atoms with E-state index in [4.69, 9.17) is 11.6 Å². The van der Waals surface area contributed by atoms with Crippen LogP contribution in [0.3, 0.4) is 0 Å². The topological polar surface area (TPSA) is 122 Å². The molecule has 70 heavy (non-hydrogen) atoms. The van der Waals surface area contributed by atoms with Gasteiger partial charge in [0.05, 0.1) is 10.6 Å². The Morgan fingerprint density at radius 2 is 1.56 bits per heavy atom. The minimum absolute atomic E-state index is 0.00468. The van der Waals surface area contributed by atoms with Gasteiger partial charge in [0, 0.05) is 103 Å². The second-order valence-corrected chi connectivity index (χ2v) is 26.0. The van der Waals surface area contributed by atoms with Gasteiger partial charge in [-0.2, -0.15) is 13.2 Å². The lowest BCUT2D eigenvalue weighted by molar-refractivity contribution is -0.0435. The van der Waals surface area contributed by atoms with Crippen molar-refractivity contribution in [1.82, 2.24) is 19.4 Å². The van der Waals surface area contributed by atoms with Crippen molar-refractivity contribution in [3.8, 4) is 0 Å². The molecule has 4 aliphatic rings. The predicted octanol–water partition coefficient (Wildman–Crippen LogP) is 10.1. The van der Waals surface area contributed by atoms with E-state index in [-0.39, 0.29) is 22.2 Å². The second-order valence-electron chi connectivity index (χ2n) is 20.9. The number of rotatable bonds is 16. The predicted molar refractivity (Wildman–Crippen MR) is 275 cm³/mol. The zero-order valence-corrected chi connectivity index (χ0v) is 43.6. The quantitative estimate of drug-likeness (QED) is 0.104. The minimum Gasteiger partial charge on any atom is -0.380 e. The van der Waals surface area contributed by atoms with Crippen LogP contribution in [0.2, 0.25) is 5.02 Å². The summed E-state index contributed by atoms with van der Waals surface area (Å²) in [4.78, 5) is 21.9. The molecule has 4 aromatic carbocycles. The number of anilines is 2. The molecule has 3 aliphatic heterocycles. The number of sulfonamides is 1. The van der Waals surface area contributed by atoms with E-state index in [1.807, 2.05) is 47.2 Å². The number of nitrogens with one attached hydrogen (secondary N) is 2. The Morgan fingerprint density at radius 3 is 2.19 bits per heavy atom. The number of hydrogen-bond acceptors (Lipinski definition) is 11. The van der Waals surface area contributed by atoms with Gasteiger partial charge < -0.3 is 10.2 Å². The molecule has 11 nitrogen and oxygen atoms in total. The number of piperazine rings is 2. The van der Waals surface area contributed by atoms with E-state index in [0.29, 0.717) is 41.9 Å². The number of allylic oxidation sites excluding steroid dienone is 1. The van der Waals surface area contributed by atoms with Crippen molar-refractivity contribution in [3.63, 3.8) is 0 Å². The number of thioether (sulfide) groups is 1. The number of carbonyl (C=O) groups excluding carboxylic acids is 1. The van der Waals surface area contributed by atoms with Gasteiger partial charge in [0.25, 0.3) is 25.8 Å². The summed E-state index contributed by atoms with van der Waals surface area (Å²) in [6.07, 6.45) is 4.67. The second kappa shape index (κ2) is 20.8. The molecule has 1 aliphatic carbocycles. The summed E-state index contributed by atoms with van der Waals surface area (Å²) < 4.78 is 98.8. The van der Waals surface area contributed by atoms with Crippen LogP contribution in [-0.4, -0.2) is 125 Å². The molecule has 3 saturated heterocycles. The van der Waals surface area contributed by atoms with Crippen LogP contribution in [0, 0.1) is 5.41 Å². The largest absolute Gasteiger partial charge is 0.501 e. The lowest BCUT2D eigenvalue weighted by Gasteiger charge is -2.42. The van der Waals surface area contributed by atoms with Crippen LogP contribution < -0.4 is 14.9 Å². The Hall–Kier alpha value is -4.10. The van der Waals surface area contributed by atoms with Crippen molar-refractivity contribution < 1.29 is 34.8 Å². The van der Waals surface area contributed by atoms with Crippen molar-refractivity contribution in [2.24, 2.45) is 5.41 Å². The van der Waals surface area contributed by atoms with Crippen LogP contribution in [0.25, 0.3) is 5.57 Å². The van der Waals surface area contributed by atoms with Crippen LogP contribution in [-0.2, 0) is 19.9 Å². The summed E-state index contributed by atoms with van der Waals surface area (Å²) >= 11 is 7.68. The van der Waals surface area contributed by atoms with Gasteiger partial charge in [-0.25, -0.2) is 21.6 Å². The van der Waals surface area contributed by atoms with E-state index in [1.54, 1.807) is 12.1 Å². The Kier molecular flexibility index (Phi) is 15.5. The maximum Gasteiger partial charge on any atom is 0.501 e. The molecular formula is C52H64ClF3N6O5S3. The number of fused-ring (bicyclic) bond motifs is 2. The first kappa shape index (κ1) is 52.2. The van der Waals surface area contributed by atoms with Gasteiger partial charge in [-0.05, 0) is 136 Å². The van der Waals surface area contributed by atoms with E-state index < -0.39 is 47.1 Å². The van der Waals surface area contributed by atoms with Crippen LogP contribution >= 0.6 is 23.4 Å². The monoisotopic (exact) mass is 1040 g/mol. The van der Waals surface area contributed by atoms with Gasteiger partial charge in [-0.15, -0.1) is 11.8 Å². The minimum atomic E-state index is -6.06. The summed E-state index contributed by atoms with van der Waals surface area (Å²) in [5.74, 6) is -0.626. The standard InChI is InChI=1S/C52H64ClF3N6O5S3/c1-50(2,3)62-34-42-29-43(62)33-61(42)24-22-40(35-68-44-9-7-6-8-10-44)57-47-20-19-45(30-48(47)69(64,65)52(54,55)56)70(66,67)58-49(63)37-13-17-41(18-14-37)60-27-25-59(26-28-60)32-38-31-51(4,5)23-21-46(38)36-11-15-39(53)16-12-36/h6-20,30,40,42-43,57H,21-29,31-35H2,1-5H3,(H,58,63). The van der Waals surface area contributed by atoms with E-state index in [1.165, 1.54) is 40.6 Å². The Bertz CT molecular complexity index is 2760. The van der Waals surface area contributed by atoms with Crippen molar-refractivity contribution in [2.45, 2.75) is 111 Å². The SMILES string of the molecule is CC1(C)CCC(c2ccc(Cl)cc2)=C(CN2CCN(c3ccc(C(=O)NS(=O)(=O)c4ccc(NC(CCN5CC6CC5CN6C(C)(C)C)CSc5ccccc5)c(S(=O)(=O)C(F)(F)F)c4)cc3)CC2)C1. The first-order valence-electron chi connectivity index (χ1n) is 24.0. The van der Waals surface area contributed by atoms with Crippen molar-refractivity contribution in [2.75, 3.05) is 68.3 Å². The third kappa shape index (κ3) is 12.2. The molecule has 3 unspecified atom stereocenters. The number of carbonyl (C=O) groups is 1. The Balaban J connectivity index is 0.933. The number of sulfone groups is 1. The molecule has 2 N–H and O–H groups in total. The lowest BCUT2D eigenvalue weighted by atomic mass is 9.73. The van der Waals surface area contributed by atoms with Gasteiger partial charge in [-0.1, -0.05) is 61.4 Å². The molecule has 8 rings (SSSR count). The third-order valence-electron chi connectivity index (χ3n) is 14.3. The molecule has 2 bridgehead atoms. The number of likely N-dealkylation sites (tertiary alicyclic amines) is 2. The number of hydrogen-bond donors (Lipinski definition) is 2. The Morgan fingerprint density at radius 1 is 0.871 bits per heavy atom. The maximum absolute atomic E-state index is 14.3. The van der Waals surface area contributed by atoms with Crippen LogP contribution in [0.4, 0.5) is 24.5 Å². The summed E-state index contributed by atoms with van der Waals surface area (Å²) in [7, 11) is -10.9. The molecule has 4 aromatic rings. The van der Waals surface area contributed by atoms with E-state index in [9.17, 15) is 34.8 Å². The number of halogens is 4. The first-order chi connectivity index (χ1) is 33.0. The van der Waals surface area contributed by atoms with Crippen molar-refractivity contribution in [3.05, 3.63) is 119 Å². The summed E-state index contributed by atoms with van der Waals surface area (Å²) in [5, 5.41) is 3.79. The number of alkyl halides is 3. The van der Waals surface area contributed by atoms with Gasteiger partial charge in [0.1, 0.15) is 4.90 Å². The molecule has 18 heteroatoms. The van der Waals surface area contributed by atoms with Gasteiger partial charge in [0.15, 0.2) is 0 Å². The van der Waals surface area contributed by atoms with Crippen molar-refractivity contribution in [1.29, 1.82) is 0 Å². The number of amides is 1. The van der Waals surface area contributed by atoms with Crippen LogP contribution in [0.1, 0.15) is 82.6 Å². The highest BCUT2D eigenvalue weighted by atomic mass is 35.5. The van der Waals surface area contributed by atoms with E-state index in [2.05, 4.69) is 71.7 Å². The van der Waals surface area contributed by atoms with E-state index in [0.717, 1.165) is 94.2 Å². The zero-order chi connectivity index (χ0) is 50.2. The number of nitrogens with zero attached hydrogens (tertiary/aromatic N) is 4. The average Bonchev–Trinajstić information content (AvgIpc) is 3.92. The smallest absolute Gasteiger partial charge is 0.380 e. The molecule has 0 radical (unpaired) electrons. The highest BCUT2D eigenvalue weighted by Gasteiger charge is 2.49. The molecule has 0 saturated carbocycles. The maximum atomic E-state index is 14.3. The molecule has 378 valence electrons. The van der Waals surface area contributed by atoms with Crippen molar-refractivity contribution >= 4 is 66.1 Å². The van der Waals surface area contributed by atoms with Gasteiger partial charge in [-0.3, -0.25) is 19.5 Å². The lowest BCUT2D eigenvalue weighted by Crippen LogP contribution is -2.53. The number of benzene rings is 4. The average molecular weight is 1040 g/mol. The summed E-state index contributed by atoms with van der Waals surface area (Å²) in [6, 6.07) is 26.8. The first-order valence-corrected chi connectivity index (χ1v) is 28.3. The highest BCUT2D eigenvalue weighted by molar-refractivity contribution is 7.99. The normalized spacial score (nSPS) is 21.0. The summed E-state index contributed by atoms with van der Waals surface area (Å²) in [6.45, 7) is 17.6. The third-order valence-corrected chi connectivity index (χ3v) is 18.5. The molecule has 0 aromatic heterocycles.